The first-order valence-electron chi connectivity index (χ1n) is 7.31. The van der Waals surface area contributed by atoms with E-state index in [1.807, 2.05) is 26.0 Å². The van der Waals surface area contributed by atoms with E-state index in [0.717, 1.165) is 33.9 Å². The van der Waals surface area contributed by atoms with Crippen molar-refractivity contribution in [3.8, 4) is 0 Å². The van der Waals surface area contributed by atoms with E-state index < -0.39 is 0 Å². The van der Waals surface area contributed by atoms with Gasteiger partial charge in [-0.15, -0.1) is 0 Å². The van der Waals surface area contributed by atoms with Gasteiger partial charge in [0.05, 0.1) is 5.75 Å². The normalized spacial score (nSPS) is 14.8. The second kappa shape index (κ2) is 6.08. The van der Waals surface area contributed by atoms with Crippen molar-refractivity contribution >= 4 is 39.7 Å². The smallest absolute Gasteiger partial charge is 0.288 e. The number of hydrogen-bond acceptors (Lipinski definition) is 4. The fourth-order valence-corrected chi connectivity index (χ4v) is 3.33. The van der Waals surface area contributed by atoms with Crippen LogP contribution in [-0.4, -0.2) is 45.8 Å². The molecule has 2 aromatic rings. The van der Waals surface area contributed by atoms with Gasteiger partial charge >= 0.3 is 0 Å². The first kappa shape index (κ1) is 15.6. The van der Waals surface area contributed by atoms with Crippen LogP contribution in [0.2, 0.25) is 0 Å². The molecule has 0 saturated carbocycles. The molecule has 7 heteroatoms. The Morgan fingerprint density at radius 3 is 2.83 bits per heavy atom. The highest BCUT2D eigenvalue weighted by Crippen LogP contribution is 2.22. The van der Waals surface area contributed by atoms with Gasteiger partial charge in [0, 0.05) is 35.2 Å². The molecule has 6 nitrogen and oxygen atoms in total. The van der Waals surface area contributed by atoms with E-state index in [4.69, 9.17) is 0 Å². The highest BCUT2D eigenvalue weighted by atomic mass is 32.2. The van der Waals surface area contributed by atoms with Crippen LogP contribution in [0.25, 0.3) is 10.9 Å². The number of thioether (sulfide) groups is 1. The fraction of sp³-hybridized carbons (Fsp3) is 0.312. The Kier molecular flexibility index (Phi) is 4.12. The van der Waals surface area contributed by atoms with E-state index in [-0.39, 0.29) is 35.9 Å². The standard InChI is InChI=1S/C16H17N3O3S/c1-9-10(2)18-13-4-3-11(7-12(9)13)15(21)17-5-6-19-14(20)8-23-16(19)22/h3-4,7,18H,5-6,8H2,1-2H3,(H,17,21). The Morgan fingerprint density at radius 2 is 2.13 bits per heavy atom. The van der Waals surface area contributed by atoms with Crippen LogP contribution in [0.4, 0.5) is 4.79 Å². The van der Waals surface area contributed by atoms with Crippen LogP contribution in [0.1, 0.15) is 21.6 Å². The third-order valence-corrected chi connectivity index (χ3v) is 4.89. The van der Waals surface area contributed by atoms with Crippen LogP contribution in [0.5, 0.6) is 0 Å². The molecule has 0 bridgehead atoms. The zero-order chi connectivity index (χ0) is 16.6. The lowest BCUT2D eigenvalue weighted by Crippen LogP contribution is -2.37. The van der Waals surface area contributed by atoms with E-state index in [2.05, 4.69) is 10.3 Å². The van der Waals surface area contributed by atoms with Gasteiger partial charge in [0.15, 0.2) is 0 Å². The molecule has 1 aromatic carbocycles. The Balaban J connectivity index is 1.65. The lowest BCUT2D eigenvalue weighted by Gasteiger charge is -2.13. The molecule has 2 N–H and O–H groups in total. The van der Waals surface area contributed by atoms with Gasteiger partial charge in [0.1, 0.15) is 0 Å². The third kappa shape index (κ3) is 2.96. The quantitative estimate of drug-likeness (QED) is 0.900. The van der Waals surface area contributed by atoms with E-state index in [1.165, 1.54) is 4.90 Å². The monoisotopic (exact) mass is 331 g/mol. The molecule has 0 atom stereocenters. The van der Waals surface area contributed by atoms with Gasteiger partial charge in [-0.25, -0.2) is 0 Å². The predicted octanol–water partition coefficient (Wildman–Crippen LogP) is 2.21. The van der Waals surface area contributed by atoms with Gasteiger partial charge in [-0.05, 0) is 37.6 Å². The number of nitrogens with one attached hydrogen (secondary N) is 2. The summed E-state index contributed by atoms with van der Waals surface area (Å²) in [5, 5.41) is 3.53. The lowest BCUT2D eigenvalue weighted by molar-refractivity contribution is -0.124. The number of H-pyrrole nitrogens is 1. The van der Waals surface area contributed by atoms with Crippen LogP contribution in [0, 0.1) is 13.8 Å². The van der Waals surface area contributed by atoms with Crippen molar-refractivity contribution in [1.82, 2.24) is 15.2 Å². The number of rotatable bonds is 4. The van der Waals surface area contributed by atoms with Crippen molar-refractivity contribution in [3.63, 3.8) is 0 Å². The summed E-state index contributed by atoms with van der Waals surface area (Å²) in [5.74, 6) is -0.221. The highest BCUT2D eigenvalue weighted by molar-refractivity contribution is 8.14. The topological polar surface area (TPSA) is 82.3 Å². The zero-order valence-electron chi connectivity index (χ0n) is 12.9. The predicted molar refractivity (Wildman–Crippen MR) is 89.7 cm³/mol. The van der Waals surface area contributed by atoms with Gasteiger partial charge < -0.3 is 10.3 Å². The molecular formula is C16H17N3O3S. The average Bonchev–Trinajstić information content (AvgIpc) is 3.00. The van der Waals surface area contributed by atoms with Crippen molar-refractivity contribution in [3.05, 3.63) is 35.0 Å². The number of aromatic amines is 1. The molecule has 1 saturated heterocycles. The molecular weight excluding hydrogens is 314 g/mol. The number of benzene rings is 1. The Bertz CT molecular complexity index is 796. The van der Waals surface area contributed by atoms with E-state index in [0.29, 0.717) is 5.56 Å². The van der Waals surface area contributed by atoms with Crippen molar-refractivity contribution < 1.29 is 14.4 Å². The second-order valence-electron chi connectivity index (χ2n) is 5.49. The van der Waals surface area contributed by atoms with Crippen LogP contribution in [0.3, 0.4) is 0 Å². The summed E-state index contributed by atoms with van der Waals surface area (Å²) in [6.07, 6.45) is 0. The van der Waals surface area contributed by atoms with Crippen LogP contribution >= 0.6 is 11.8 Å². The minimum absolute atomic E-state index is 0.190. The number of carbonyl (C=O) groups excluding carboxylic acids is 3. The number of aryl methyl sites for hydroxylation is 2. The Hall–Kier alpha value is -2.28. The molecule has 3 amide bonds. The molecule has 1 aliphatic heterocycles. The maximum atomic E-state index is 12.2. The number of carbonyl (C=O) groups is 3. The Labute approximate surface area is 137 Å². The fourth-order valence-electron chi connectivity index (χ4n) is 2.58. The number of hydrogen-bond donors (Lipinski definition) is 2. The number of aromatic nitrogens is 1. The molecule has 3 rings (SSSR count). The molecule has 1 aliphatic rings. The summed E-state index contributed by atoms with van der Waals surface area (Å²) in [6.45, 7) is 4.47. The van der Waals surface area contributed by atoms with Crippen molar-refractivity contribution in [2.75, 3.05) is 18.8 Å². The minimum atomic E-state index is -0.246. The first-order valence-corrected chi connectivity index (χ1v) is 8.30. The largest absolute Gasteiger partial charge is 0.358 e. The number of fused-ring (bicyclic) bond motifs is 1. The van der Waals surface area contributed by atoms with Gasteiger partial charge in [-0.2, -0.15) is 0 Å². The summed E-state index contributed by atoms with van der Waals surface area (Å²) < 4.78 is 0. The number of imide groups is 1. The molecule has 23 heavy (non-hydrogen) atoms. The van der Waals surface area contributed by atoms with E-state index in [1.54, 1.807) is 6.07 Å². The van der Waals surface area contributed by atoms with Crippen LogP contribution in [0.15, 0.2) is 18.2 Å². The van der Waals surface area contributed by atoms with Gasteiger partial charge in [-0.1, -0.05) is 11.8 Å². The zero-order valence-corrected chi connectivity index (χ0v) is 13.8. The van der Waals surface area contributed by atoms with Crippen LogP contribution in [-0.2, 0) is 4.79 Å². The Morgan fingerprint density at radius 1 is 1.35 bits per heavy atom. The van der Waals surface area contributed by atoms with E-state index >= 15 is 0 Å². The highest BCUT2D eigenvalue weighted by Gasteiger charge is 2.29. The number of amides is 3. The van der Waals surface area contributed by atoms with Crippen LogP contribution < -0.4 is 5.32 Å². The average molecular weight is 331 g/mol. The molecule has 0 aliphatic carbocycles. The van der Waals surface area contributed by atoms with Crippen molar-refractivity contribution in [1.29, 1.82) is 0 Å². The van der Waals surface area contributed by atoms with E-state index in [9.17, 15) is 14.4 Å². The molecule has 2 heterocycles. The molecule has 1 aromatic heterocycles. The summed E-state index contributed by atoms with van der Waals surface area (Å²) in [4.78, 5) is 39.6. The van der Waals surface area contributed by atoms with Crippen molar-refractivity contribution in [2.24, 2.45) is 0 Å². The lowest BCUT2D eigenvalue weighted by atomic mass is 10.1. The first-order chi connectivity index (χ1) is 11.0. The molecule has 0 radical (unpaired) electrons. The summed E-state index contributed by atoms with van der Waals surface area (Å²) in [5.41, 5.74) is 3.77. The van der Waals surface area contributed by atoms with Gasteiger partial charge in [-0.3, -0.25) is 19.3 Å². The summed E-state index contributed by atoms with van der Waals surface area (Å²) in [6, 6.07) is 5.50. The van der Waals surface area contributed by atoms with Gasteiger partial charge in [0.2, 0.25) is 5.91 Å². The SMILES string of the molecule is Cc1[nH]c2ccc(C(=O)NCCN3C(=O)CSC3=O)cc2c1C. The van der Waals surface area contributed by atoms with Crippen molar-refractivity contribution in [2.45, 2.75) is 13.8 Å². The maximum Gasteiger partial charge on any atom is 0.288 e. The second-order valence-corrected chi connectivity index (χ2v) is 6.42. The third-order valence-electron chi connectivity index (χ3n) is 4.03. The summed E-state index contributed by atoms with van der Waals surface area (Å²) in [7, 11) is 0. The van der Waals surface area contributed by atoms with Gasteiger partial charge in [0.25, 0.3) is 11.1 Å². The molecule has 1 fully saturated rings. The minimum Gasteiger partial charge on any atom is -0.358 e. The molecule has 120 valence electrons. The maximum absolute atomic E-state index is 12.2. The number of nitrogens with zero attached hydrogens (tertiary/aromatic N) is 1. The molecule has 0 unspecified atom stereocenters. The summed E-state index contributed by atoms with van der Waals surface area (Å²) >= 11 is 0.995. The molecule has 0 spiro atoms.